The smallest absolute Gasteiger partial charge is 0.355 e. The third-order valence-corrected chi connectivity index (χ3v) is 5.75. The summed E-state index contributed by atoms with van der Waals surface area (Å²) < 4.78 is 5.02. The maximum atomic E-state index is 12.0. The van der Waals surface area contributed by atoms with Crippen molar-refractivity contribution < 1.29 is 19.1 Å². The Bertz CT molecular complexity index is 655. The number of esters is 1. The van der Waals surface area contributed by atoms with Crippen LogP contribution < -0.4 is 5.32 Å². The number of H-pyrrole nitrogens is 1. The molecule has 6 nitrogen and oxygen atoms in total. The molecule has 1 amide bonds. The maximum Gasteiger partial charge on any atom is 0.355 e. The van der Waals surface area contributed by atoms with Gasteiger partial charge in [0.15, 0.2) is 12.4 Å². The lowest BCUT2D eigenvalue weighted by Gasteiger charge is -2.39. The number of hydrogen-bond donors (Lipinski definition) is 2. The number of aromatic amines is 1. The van der Waals surface area contributed by atoms with E-state index in [0.29, 0.717) is 16.9 Å². The first kappa shape index (κ1) is 20.2. The van der Waals surface area contributed by atoms with Crippen LogP contribution in [0.5, 0.6) is 0 Å². The molecule has 1 fully saturated rings. The zero-order valence-corrected chi connectivity index (χ0v) is 16.2. The Morgan fingerprint density at radius 1 is 1.23 bits per heavy atom. The van der Waals surface area contributed by atoms with Crippen LogP contribution in [-0.4, -0.2) is 35.3 Å². The Balaban J connectivity index is 1.74. The monoisotopic (exact) mass is 362 g/mol. The second kappa shape index (κ2) is 8.52. The van der Waals surface area contributed by atoms with E-state index in [1.807, 2.05) is 0 Å². The number of amides is 1. The molecular formula is C20H30N2O4. The van der Waals surface area contributed by atoms with Gasteiger partial charge >= 0.3 is 5.97 Å². The van der Waals surface area contributed by atoms with Gasteiger partial charge in [0.2, 0.25) is 0 Å². The van der Waals surface area contributed by atoms with Gasteiger partial charge in [-0.15, -0.1) is 0 Å². The summed E-state index contributed by atoms with van der Waals surface area (Å²) in [6, 6.07) is 1.58. The summed E-state index contributed by atoms with van der Waals surface area (Å²) in [4.78, 5) is 37.9. The molecule has 0 radical (unpaired) electrons. The minimum absolute atomic E-state index is 0.139. The van der Waals surface area contributed by atoms with Crippen LogP contribution in [0.25, 0.3) is 0 Å². The average molecular weight is 362 g/mol. The summed E-state index contributed by atoms with van der Waals surface area (Å²) in [5.41, 5.74) is 0.928. The Kier molecular flexibility index (Phi) is 6.62. The van der Waals surface area contributed by atoms with Gasteiger partial charge in [-0.05, 0) is 50.0 Å². The molecule has 0 unspecified atom stereocenters. The fourth-order valence-corrected chi connectivity index (χ4v) is 3.50. The lowest BCUT2D eigenvalue weighted by atomic mass is 9.69. The summed E-state index contributed by atoms with van der Waals surface area (Å²) in [7, 11) is 0. The van der Waals surface area contributed by atoms with E-state index in [1.54, 1.807) is 0 Å². The average Bonchev–Trinajstić information content (AvgIpc) is 3.10. The van der Waals surface area contributed by atoms with Crippen LogP contribution in [0.2, 0.25) is 0 Å². The van der Waals surface area contributed by atoms with Crippen LogP contribution >= 0.6 is 0 Å². The molecule has 6 heteroatoms. The number of aromatic nitrogens is 1. The van der Waals surface area contributed by atoms with E-state index in [-0.39, 0.29) is 30.0 Å². The molecule has 2 rings (SSSR count). The number of Topliss-reactive ketones (excluding diaryl/α,β-unsaturated/α-hetero) is 1. The highest BCUT2D eigenvalue weighted by molar-refractivity contribution is 5.97. The molecule has 0 aliphatic heterocycles. The van der Waals surface area contributed by atoms with Gasteiger partial charge in [0, 0.05) is 17.8 Å². The Morgan fingerprint density at radius 3 is 2.42 bits per heavy atom. The zero-order chi connectivity index (χ0) is 19.3. The van der Waals surface area contributed by atoms with E-state index in [9.17, 15) is 14.4 Å². The molecule has 0 bridgehead atoms. The van der Waals surface area contributed by atoms with E-state index >= 15 is 0 Å². The maximum absolute atomic E-state index is 12.0. The molecule has 0 aromatic carbocycles. The molecular weight excluding hydrogens is 332 g/mol. The first-order chi connectivity index (χ1) is 12.2. The molecule has 1 aromatic heterocycles. The number of hydrogen-bond acceptors (Lipinski definition) is 4. The van der Waals surface area contributed by atoms with Crippen molar-refractivity contribution in [2.75, 3.05) is 6.61 Å². The van der Waals surface area contributed by atoms with E-state index in [0.717, 1.165) is 32.1 Å². The second-order valence-electron chi connectivity index (χ2n) is 7.89. The largest absolute Gasteiger partial charge is 0.451 e. The van der Waals surface area contributed by atoms with Gasteiger partial charge < -0.3 is 15.0 Å². The van der Waals surface area contributed by atoms with Crippen LogP contribution in [0, 0.1) is 11.3 Å². The van der Waals surface area contributed by atoms with Crippen molar-refractivity contribution in [2.24, 2.45) is 11.3 Å². The molecule has 26 heavy (non-hydrogen) atoms. The molecule has 1 aromatic rings. The Labute approximate surface area is 155 Å². The molecule has 1 aliphatic rings. The third-order valence-electron chi connectivity index (χ3n) is 5.75. The highest BCUT2D eigenvalue weighted by Crippen LogP contribution is 2.40. The van der Waals surface area contributed by atoms with Crippen molar-refractivity contribution in [2.45, 2.75) is 65.8 Å². The first-order valence-electron chi connectivity index (χ1n) is 9.38. The number of ether oxygens (including phenoxy) is 1. The highest BCUT2D eigenvalue weighted by atomic mass is 16.5. The van der Waals surface area contributed by atoms with Gasteiger partial charge in [-0.2, -0.15) is 0 Å². The van der Waals surface area contributed by atoms with Gasteiger partial charge in [-0.3, -0.25) is 9.59 Å². The quantitative estimate of drug-likeness (QED) is 0.574. The summed E-state index contributed by atoms with van der Waals surface area (Å²) in [6.45, 7) is 7.96. The minimum Gasteiger partial charge on any atom is -0.451 e. The van der Waals surface area contributed by atoms with E-state index in [1.165, 1.54) is 19.2 Å². The van der Waals surface area contributed by atoms with Crippen LogP contribution in [0.3, 0.4) is 0 Å². The summed E-state index contributed by atoms with van der Waals surface area (Å²) in [6.07, 6.45) is 6.77. The molecule has 1 aliphatic carbocycles. The van der Waals surface area contributed by atoms with Crippen LogP contribution in [0.1, 0.15) is 80.6 Å². The molecule has 0 atom stereocenters. The van der Waals surface area contributed by atoms with Crippen molar-refractivity contribution in [3.63, 3.8) is 0 Å². The second-order valence-corrected chi connectivity index (χ2v) is 7.89. The predicted molar refractivity (Wildman–Crippen MR) is 99.0 cm³/mol. The van der Waals surface area contributed by atoms with E-state index in [4.69, 9.17) is 4.74 Å². The SMILES string of the molecule is CCC(C)(C)C1CCC(NC(=O)COC(=O)c2cc(C(C)=O)c[nH]2)CC1. The highest BCUT2D eigenvalue weighted by Gasteiger charge is 2.32. The van der Waals surface area contributed by atoms with Gasteiger partial charge in [-0.25, -0.2) is 4.79 Å². The summed E-state index contributed by atoms with van der Waals surface area (Å²) in [5.74, 6) is -0.363. The van der Waals surface area contributed by atoms with E-state index in [2.05, 4.69) is 31.1 Å². The summed E-state index contributed by atoms with van der Waals surface area (Å²) >= 11 is 0. The Morgan fingerprint density at radius 2 is 1.88 bits per heavy atom. The van der Waals surface area contributed by atoms with Gasteiger partial charge in [0.25, 0.3) is 5.91 Å². The third kappa shape index (κ3) is 5.19. The number of ketones is 1. The van der Waals surface area contributed by atoms with Crippen LogP contribution in [-0.2, 0) is 9.53 Å². The molecule has 144 valence electrons. The van der Waals surface area contributed by atoms with Crippen molar-refractivity contribution >= 4 is 17.7 Å². The summed E-state index contributed by atoms with van der Waals surface area (Å²) in [5, 5.41) is 2.96. The lowest BCUT2D eigenvalue weighted by molar-refractivity contribution is -0.125. The minimum atomic E-state index is -0.638. The lowest BCUT2D eigenvalue weighted by Crippen LogP contribution is -2.41. The molecule has 1 saturated carbocycles. The van der Waals surface area contributed by atoms with Crippen molar-refractivity contribution in [1.29, 1.82) is 0 Å². The molecule has 0 saturated heterocycles. The fraction of sp³-hybridized carbons (Fsp3) is 0.650. The molecule has 1 heterocycles. The first-order valence-corrected chi connectivity index (χ1v) is 9.38. The topological polar surface area (TPSA) is 88.3 Å². The van der Waals surface area contributed by atoms with Crippen LogP contribution in [0.15, 0.2) is 12.3 Å². The van der Waals surface area contributed by atoms with Crippen molar-refractivity contribution in [3.8, 4) is 0 Å². The number of nitrogens with one attached hydrogen (secondary N) is 2. The predicted octanol–water partition coefficient (Wildman–Crippen LogP) is 3.49. The molecule has 0 spiro atoms. The number of carbonyl (C=O) groups is 3. The van der Waals surface area contributed by atoms with Gasteiger partial charge in [0.1, 0.15) is 5.69 Å². The molecule has 2 N–H and O–H groups in total. The fourth-order valence-electron chi connectivity index (χ4n) is 3.50. The standard InChI is InChI=1S/C20H30N2O4/c1-5-20(3,4)15-6-8-16(9-7-15)22-18(24)12-26-19(25)17-10-14(11-21-17)13(2)23/h10-11,15-16,21H,5-9,12H2,1-4H3,(H,22,24). The van der Waals surface area contributed by atoms with Gasteiger partial charge in [0.05, 0.1) is 0 Å². The number of carbonyl (C=O) groups excluding carboxylic acids is 3. The normalized spacial score (nSPS) is 20.5. The Hall–Kier alpha value is -2.11. The van der Waals surface area contributed by atoms with Crippen molar-refractivity contribution in [1.82, 2.24) is 10.3 Å². The van der Waals surface area contributed by atoms with Crippen molar-refractivity contribution in [3.05, 3.63) is 23.5 Å². The number of rotatable bonds is 7. The van der Waals surface area contributed by atoms with Crippen LogP contribution in [0.4, 0.5) is 0 Å². The van der Waals surface area contributed by atoms with E-state index < -0.39 is 5.97 Å². The zero-order valence-electron chi connectivity index (χ0n) is 16.2. The van der Waals surface area contributed by atoms with Gasteiger partial charge in [-0.1, -0.05) is 27.2 Å².